The quantitative estimate of drug-likeness (QED) is 0.186. The number of hydrogen-bond donors (Lipinski definition) is 2. The van der Waals surface area contributed by atoms with Crippen molar-refractivity contribution in [3.05, 3.63) is 58.2 Å². The Balaban J connectivity index is 1.16. The lowest BCUT2D eigenvalue weighted by molar-refractivity contribution is -0.155. The van der Waals surface area contributed by atoms with E-state index in [0.717, 1.165) is 63.9 Å². The minimum atomic E-state index is -1.04. The van der Waals surface area contributed by atoms with Crippen LogP contribution in [0.2, 0.25) is 0 Å². The van der Waals surface area contributed by atoms with Crippen molar-refractivity contribution in [1.29, 1.82) is 0 Å². The predicted molar refractivity (Wildman–Crippen MR) is 245 cm³/mol. The molecule has 3 fully saturated rings. The van der Waals surface area contributed by atoms with Crippen LogP contribution in [0.4, 0.5) is 4.79 Å². The number of pyridine rings is 1. The molecule has 3 saturated heterocycles. The molecule has 1 spiro atoms. The van der Waals surface area contributed by atoms with Crippen molar-refractivity contribution >= 4 is 46.1 Å². The smallest absolute Gasteiger partial charge is 0.324 e. The van der Waals surface area contributed by atoms with E-state index >= 15 is 0 Å². The van der Waals surface area contributed by atoms with Gasteiger partial charge in [0.1, 0.15) is 18.1 Å². The third kappa shape index (κ3) is 8.78. The van der Waals surface area contributed by atoms with Gasteiger partial charge in [-0.3, -0.25) is 24.4 Å². The number of hydrogen-bond acceptors (Lipinski definition) is 11. The van der Waals surface area contributed by atoms with Gasteiger partial charge in [-0.1, -0.05) is 33.8 Å². The topological polar surface area (TPSA) is 160 Å². The molecular formula is C48H64N8O7S. The molecule has 6 bridgehead atoms. The minimum absolute atomic E-state index is 0.111. The summed E-state index contributed by atoms with van der Waals surface area (Å²) < 4.78 is 19.9. The van der Waals surface area contributed by atoms with Gasteiger partial charge in [-0.05, 0) is 88.1 Å². The normalized spacial score (nSPS) is 22.1. The van der Waals surface area contributed by atoms with Crippen molar-refractivity contribution in [2.45, 2.75) is 123 Å². The Bertz CT molecular complexity index is 2390. The van der Waals surface area contributed by atoms with Gasteiger partial charge in [-0.2, -0.15) is 0 Å². The summed E-state index contributed by atoms with van der Waals surface area (Å²) in [6.45, 7) is 15.2. The van der Waals surface area contributed by atoms with Crippen LogP contribution in [0, 0.1) is 11.3 Å². The van der Waals surface area contributed by atoms with Crippen LogP contribution >= 0.6 is 11.3 Å². The highest BCUT2D eigenvalue weighted by Gasteiger charge is 2.50. The number of carbonyl (C=O) groups is 4. The summed E-state index contributed by atoms with van der Waals surface area (Å²) in [5.41, 5.74) is 9.17. The highest BCUT2D eigenvalue weighted by atomic mass is 32.1. The number of nitrogens with zero attached hydrogens (tertiary/aromatic N) is 6. The zero-order valence-electron chi connectivity index (χ0n) is 38.6. The predicted octanol–water partition coefficient (Wildman–Crippen LogP) is 6.53. The molecule has 8 rings (SSSR count). The fourth-order valence-corrected chi connectivity index (χ4v) is 11.0. The molecule has 4 atom stereocenters. The van der Waals surface area contributed by atoms with Gasteiger partial charge in [-0.25, -0.2) is 15.2 Å². The molecule has 15 nitrogen and oxygen atoms in total. The lowest BCUT2D eigenvalue weighted by atomic mass is 9.78. The third-order valence-corrected chi connectivity index (χ3v) is 14.7. The number of aromatic nitrogens is 3. The number of likely N-dealkylation sites (tertiary alicyclic amines) is 1. The van der Waals surface area contributed by atoms with E-state index in [0.29, 0.717) is 57.1 Å². The van der Waals surface area contributed by atoms with Crippen LogP contribution in [-0.2, 0) is 48.0 Å². The Kier molecular flexibility index (Phi) is 13.2. The van der Waals surface area contributed by atoms with E-state index in [1.165, 1.54) is 21.2 Å². The average Bonchev–Trinajstić information content (AvgIpc) is 3.88. The Morgan fingerprint density at radius 1 is 1.11 bits per heavy atom. The number of benzene rings is 1. The maximum absolute atomic E-state index is 14.6. The molecule has 7 heterocycles. The molecule has 4 aromatic rings. The molecule has 64 heavy (non-hydrogen) atoms. The van der Waals surface area contributed by atoms with Crippen molar-refractivity contribution in [2.24, 2.45) is 11.3 Å². The van der Waals surface area contributed by atoms with Crippen molar-refractivity contribution < 1.29 is 33.4 Å². The number of fused-ring (bicyclic) bond motifs is 6. The average molecular weight is 897 g/mol. The van der Waals surface area contributed by atoms with E-state index in [-0.39, 0.29) is 42.5 Å². The van der Waals surface area contributed by atoms with E-state index in [1.54, 1.807) is 20.4 Å². The van der Waals surface area contributed by atoms with E-state index < -0.39 is 35.4 Å². The molecule has 2 N–H and O–H groups in total. The molecule has 4 aliphatic heterocycles. The lowest BCUT2D eigenvalue weighted by Gasteiger charge is -2.56. The number of aryl methyl sites for hydroxylation is 1. The molecule has 3 aromatic heterocycles. The van der Waals surface area contributed by atoms with Crippen LogP contribution in [0.5, 0.6) is 0 Å². The Morgan fingerprint density at radius 2 is 1.89 bits per heavy atom. The summed E-state index contributed by atoms with van der Waals surface area (Å²) >= 11 is 1.43. The first-order chi connectivity index (χ1) is 30.6. The van der Waals surface area contributed by atoms with Crippen molar-refractivity contribution in [3.8, 4) is 22.5 Å². The highest BCUT2D eigenvalue weighted by molar-refractivity contribution is 7.10. The molecular weight excluding hydrogens is 833 g/mol. The third-order valence-electron chi connectivity index (χ3n) is 13.8. The van der Waals surface area contributed by atoms with Crippen LogP contribution in [0.3, 0.4) is 0 Å². The number of cyclic esters (lactones) is 1. The minimum Gasteiger partial charge on any atom is -0.464 e. The Hall–Kier alpha value is -4.90. The second kappa shape index (κ2) is 18.5. The number of urea groups is 1. The van der Waals surface area contributed by atoms with Gasteiger partial charge in [0.15, 0.2) is 0 Å². The first-order valence-electron chi connectivity index (χ1n) is 22.9. The molecule has 0 unspecified atom stereocenters. The van der Waals surface area contributed by atoms with Gasteiger partial charge in [0, 0.05) is 92.4 Å². The number of amides is 4. The first-order valence-corrected chi connectivity index (χ1v) is 23.8. The van der Waals surface area contributed by atoms with Gasteiger partial charge in [0.05, 0.1) is 40.3 Å². The van der Waals surface area contributed by atoms with E-state index in [2.05, 4.69) is 60.3 Å². The maximum atomic E-state index is 14.6. The van der Waals surface area contributed by atoms with Crippen LogP contribution < -0.4 is 10.7 Å². The summed E-state index contributed by atoms with van der Waals surface area (Å²) in [7, 11) is 3.37. The van der Waals surface area contributed by atoms with Crippen molar-refractivity contribution in [3.63, 3.8) is 0 Å². The van der Waals surface area contributed by atoms with Crippen LogP contribution in [0.25, 0.3) is 33.4 Å². The zero-order chi connectivity index (χ0) is 45.5. The van der Waals surface area contributed by atoms with E-state index in [4.69, 9.17) is 24.2 Å². The molecule has 0 saturated carbocycles. The fraction of sp³-hybridized carbons (Fsp3) is 0.583. The molecule has 0 radical (unpaired) electrons. The van der Waals surface area contributed by atoms with Crippen molar-refractivity contribution in [2.75, 3.05) is 47.1 Å². The van der Waals surface area contributed by atoms with Gasteiger partial charge < -0.3 is 33.9 Å². The monoisotopic (exact) mass is 896 g/mol. The molecule has 344 valence electrons. The molecule has 16 heteroatoms. The summed E-state index contributed by atoms with van der Waals surface area (Å²) in [6, 6.07) is 7.63. The highest BCUT2D eigenvalue weighted by Crippen LogP contribution is 2.43. The number of methoxy groups -OCH3 is 1. The number of ether oxygens (including phenoxy) is 3. The summed E-state index contributed by atoms with van der Waals surface area (Å²) in [6.07, 6.45) is 5.76. The zero-order valence-corrected chi connectivity index (χ0v) is 39.4. The first kappa shape index (κ1) is 45.7. The van der Waals surface area contributed by atoms with Gasteiger partial charge >= 0.3 is 12.0 Å². The molecule has 0 aliphatic carbocycles. The number of thiazole rings is 1. The van der Waals surface area contributed by atoms with E-state index in [1.807, 2.05) is 37.1 Å². The SMILES string of the molecule is CCn1c(-c2cccnc2[C@H](C)OC)c2c3cc(ccc31)-c1csc(n1)C[C@H](NC(=O)[C@H](C(C)C)N(C)C(=O)N1CCC13CCOCC3)C(=O)N1CCC[C@H](N1)C(=O)OCC(C)(C)C2. The van der Waals surface area contributed by atoms with Crippen LogP contribution in [0.15, 0.2) is 41.9 Å². The van der Waals surface area contributed by atoms with Crippen LogP contribution in [-0.4, -0.2) is 124 Å². The standard InChI is InChI=1S/C48H64N8O7S/c1-9-54-38-15-14-31-24-33(38)34(42(54)32-12-10-19-49-40(32)30(4)61-8)26-47(5,6)28-63-45(59)35-13-11-20-56(52-35)44(58)36(25-39-50-37(31)27-64-39)51-43(57)41(29(2)3)53(7)46(60)55-21-16-48(55)17-22-62-23-18-48/h10,12,14-15,19,24,27,29-30,35-36,41,52H,9,11,13,16-18,20-23,25-26,28H2,1-8H3,(H,51,57)/t30-,35-,36-,41-/m0/s1. The summed E-state index contributed by atoms with van der Waals surface area (Å²) in [5.74, 6) is -1.51. The molecule has 4 aliphatic rings. The Morgan fingerprint density at radius 3 is 2.59 bits per heavy atom. The van der Waals surface area contributed by atoms with E-state index in [9.17, 15) is 19.2 Å². The number of nitrogens with one attached hydrogen (secondary N) is 2. The summed E-state index contributed by atoms with van der Waals surface area (Å²) in [4.78, 5) is 70.5. The van der Waals surface area contributed by atoms with Gasteiger partial charge in [-0.15, -0.1) is 11.3 Å². The van der Waals surface area contributed by atoms with Crippen LogP contribution in [0.1, 0.15) is 96.0 Å². The fourth-order valence-electron chi connectivity index (χ4n) is 10.2. The number of hydrazine groups is 1. The number of rotatable bonds is 8. The van der Waals surface area contributed by atoms with Crippen molar-refractivity contribution in [1.82, 2.24) is 40.1 Å². The van der Waals surface area contributed by atoms with Gasteiger partial charge in [0.25, 0.3) is 5.91 Å². The number of esters is 1. The molecule has 4 amide bonds. The largest absolute Gasteiger partial charge is 0.464 e. The molecule has 1 aromatic carbocycles. The second-order valence-corrected chi connectivity index (χ2v) is 20.0. The number of likely N-dealkylation sites (N-methyl/N-ethyl adjacent to an activating group) is 1. The lowest BCUT2D eigenvalue weighted by Crippen LogP contribution is -2.68. The second-order valence-electron chi connectivity index (χ2n) is 19.1. The number of carbonyl (C=O) groups excluding carboxylic acids is 4. The summed E-state index contributed by atoms with van der Waals surface area (Å²) in [5, 5.41) is 8.25. The van der Waals surface area contributed by atoms with Gasteiger partial charge in [0.2, 0.25) is 5.91 Å². The Labute approximate surface area is 380 Å². The maximum Gasteiger partial charge on any atom is 0.324 e.